The fraction of sp³-hybridized carbons (Fsp3) is 0.238. The second kappa shape index (κ2) is 8.10. The normalized spacial score (nSPS) is 15.4. The van der Waals surface area contributed by atoms with E-state index in [1.165, 1.54) is 4.31 Å². The van der Waals surface area contributed by atoms with Crippen molar-refractivity contribution in [2.75, 3.05) is 31.1 Å². The first-order valence-electron chi connectivity index (χ1n) is 9.36. The Balaban J connectivity index is 1.46. The summed E-state index contributed by atoms with van der Waals surface area (Å²) in [5, 5.41) is 8.98. The summed E-state index contributed by atoms with van der Waals surface area (Å²) in [5.41, 5.74) is 3.03. The fourth-order valence-corrected chi connectivity index (χ4v) is 5.36. The van der Waals surface area contributed by atoms with Crippen molar-refractivity contribution in [2.45, 2.75) is 11.8 Å². The average molecular weight is 429 g/mol. The van der Waals surface area contributed by atoms with Gasteiger partial charge in [-0.2, -0.15) is 4.31 Å². The van der Waals surface area contributed by atoms with Crippen molar-refractivity contribution in [3.8, 4) is 11.3 Å². The van der Waals surface area contributed by atoms with Crippen LogP contribution in [0.25, 0.3) is 11.3 Å². The van der Waals surface area contributed by atoms with Gasteiger partial charge in [-0.25, -0.2) is 8.42 Å². The molecule has 2 aromatic carbocycles. The minimum Gasteiger partial charge on any atom is -0.352 e. The van der Waals surface area contributed by atoms with Crippen molar-refractivity contribution in [3.05, 3.63) is 71.2 Å². The third-order valence-electron chi connectivity index (χ3n) is 5.09. The van der Waals surface area contributed by atoms with Gasteiger partial charge in [-0.15, -0.1) is 10.2 Å². The van der Waals surface area contributed by atoms with Crippen LogP contribution in [0.3, 0.4) is 0 Å². The number of rotatable bonds is 4. The van der Waals surface area contributed by atoms with Crippen LogP contribution in [-0.2, 0) is 10.0 Å². The molecule has 2 heterocycles. The molecule has 4 rings (SSSR count). The van der Waals surface area contributed by atoms with Crippen LogP contribution < -0.4 is 4.90 Å². The molecule has 150 valence electrons. The zero-order valence-corrected chi connectivity index (χ0v) is 17.6. The van der Waals surface area contributed by atoms with Crippen LogP contribution in [0.15, 0.2) is 65.6 Å². The molecule has 0 amide bonds. The van der Waals surface area contributed by atoms with Gasteiger partial charge >= 0.3 is 0 Å². The number of aromatic nitrogens is 2. The van der Waals surface area contributed by atoms with Gasteiger partial charge < -0.3 is 4.90 Å². The number of benzene rings is 2. The van der Waals surface area contributed by atoms with Crippen LogP contribution in [-0.4, -0.2) is 49.1 Å². The third kappa shape index (κ3) is 3.99. The SMILES string of the molecule is Cc1ccccc1-c1ccc(N2CCN(S(=O)(=O)c3ccccc3Cl)CC2)nn1. The molecule has 0 saturated carbocycles. The van der Waals surface area contributed by atoms with E-state index in [1.54, 1.807) is 24.3 Å². The Kier molecular flexibility index (Phi) is 5.54. The lowest BCUT2D eigenvalue weighted by atomic mass is 10.1. The molecule has 0 atom stereocenters. The molecule has 29 heavy (non-hydrogen) atoms. The van der Waals surface area contributed by atoms with E-state index in [0.717, 1.165) is 22.6 Å². The molecule has 0 unspecified atom stereocenters. The Bertz CT molecular complexity index is 1110. The van der Waals surface area contributed by atoms with Crippen molar-refractivity contribution in [1.82, 2.24) is 14.5 Å². The Labute approximate surface area is 175 Å². The van der Waals surface area contributed by atoms with Crippen LogP contribution in [0, 0.1) is 6.92 Å². The van der Waals surface area contributed by atoms with Crippen molar-refractivity contribution < 1.29 is 8.42 Å². The number of anilines is 1. The van der Waals surface area contributed by atoms with Gasteiger partial charge in [0.05, 0.1) is 10.7 Å². The predicted molar refractivity (Wildman–Crippen MR) is 115 cm³/mol. The largest absolute Gasteiger partial charge is 0.352 e. The van der Waals surface area contributed by atoms with Gasteiger partial charge in [0.15, 0.2) is 5.82 Å². The molecule has 6 nitrogen and oxygen atoms in total. The topological polar surface area (TPSA) is 66.4 Å². The molecule has 1 aliphatic rings. The second-order valence-corrected chi connectivity index (χ2v) is 9.23. The number of hydrogen-bond acceptors (Lipinski definition) is 5. The molecular weight excluding hydrogens is 408 g/mol. The maximum atomic E-state index is 12.9. The summed E-state index contributed by atoms with van der Waals surface area (Å²) < 4.78 is 27.2. The summed E-state index contributed by atoms with van der Waals surface area (Å²) >= 11 is 6.09. The predicted octanol–water partition coefficient (Wildman–Crippen LogP) is 3.62. The summed E-state index contributed by atoms with van der Waals surface area (Å²) in [7, 11) is -3.61. The van der Waals surface area contributed by atoms with Gasteiger partial charge in [0.25, 0.3) is 0 Å². The molecule has 1 saturated heterocycles. The number of nitrogens with zero attached hydrogens (tertiary/aromatic N) is 4. The van der Waals surface area contributed by atoms with Gasteiger partial charge in [0, 0.05) is 31.7 Å². The van der Waals surface area contributed by atoms with E-state index >= 15 is 0 Å². The van der Waals surface area contributed by atoms with Crippen molar-refractivity contribution in [3.63, 3.8) is 0 Å². The van der Waals surface area contributed by atoms with Gasteiger partial charge in [0.1, 0.15) is 4.90 Å². The van der Waals surface area contributed by atoms with Crippen LogP contribution in [0.4, 0.5) is 5.82 Å². The van der Waals surface area contributed by atoms with Crippen LogP contribution >= 0.6 is 11.6 Å². The molecule has 1 aromatic heterocycles. The van der Waals surface area contributed by atoms with E-state index in [2.05, 4.69) is 10.2 Å². The van der Waals surface area contributed by atoms with E-state index < -0.39 is 10.0 Å². The third-order valence-corrected chi connectivity index (χ3v) is 7.49. The van der Waals surface area contributed by atoms with E-state index in [0.29, 0.717) is 26.2 Å². The molecule has 1 fully saturated rings. The second-order valence-electron chi connectivity index (χ2n) is 6.91. The minimum absolute atomic E-state index is 0.150. The van der Waals surface area contributed by atoms with Crippen molar-refractivity contribution >= 4 is 27.4 Å². The highest BCUT2D eigenvalue weighted by Gasteiger charge is 2.30. The first-order valence-corrected chi connectivity index (χ1v) is 11.2. The lowest BCUT2D eigenvalue weighted by Crippen LogP contribution is -2.49. The Morgan fingerprint density at radius 2 is 1.55 bits per heavy atom. The van der Waals surface area contributed by atoms with Crippen LogP contribution in [0.1, 0.15) is 5.56 Å². The highest BCUT2D eigenvalue weighted by atomic mass is 35.5. The van der Waals surface area contributed by atoms with Gasteiger partial charge in [-0.05, 0) is 36.8 Å². The van der Waals surface area contributed by atoms with E-state index in [9.17, 15) is 8.42 Å². The van der Waals surface area contributed by atoms with E-state index in [1.807, 2.05) is 48.2 Å². The Morgan fingerprint density at radius 1 is 0.862 bits per heavy atom. The smallest absolute Gasteiger partial charge is 0.244 e. The maximum absolute atomic E-state index is 12.9. The number of aryl methyl sites for hydroxylation is 1. The summed E-state index contributed by atoms with van der Waals surface area (Å²) in [6, 6.07) is 18.5. The van der Waals surface area contributed by atoms with Crippen molar-refractivity contribution in [1.29, 1.82) is 0 Å². The Hall–Kier alpha value is -2.48. The van der Waals surface area contributed by atoms with Crippen LogP contribution in [0.2, 0.25) is 5.02 Å². The number of halogens is 1. The highest BCUT2D eigenvalue weighted by Crippen LogP contribution is 2.26. The van der Waals surface area contributed by atoms with E-state index in [-0.39, 0.29) is 9.92 Å². The highest BCUT2D eigenvalue weighted by molar-refractivity contribution is 7.89. The van der Waals surface area contributed by atoms with Gasteiger partial charge in [-0.3, -0.25) is 0 Å². The monoisotopic (exact) mass is 428 g/mol. The average Bonchev–Trinajstić information content (AvgIpc) is 2.74. The first kappa shape index (κ1) is 19.8. The molecular formula is C21H21ClN4O2S. The van der Waals surface area contributed by atoms with Gasteiger partial charge in [0.2, 0.25) is 10.0 Å². The van der Waals surface area contributed by atoms with E-state index in [4.69, 9.17) is 11.6 Å². The standard InChI is InChI=1S/C21H21ClN4O2S/c1-16-6-2-3-7-17(16)19-10-11-21(24-23-19)25-12-14-26(15-13-25)29(27,28)20-9-5-4-8-18(20)22/h2-11H,12-15H2,1H3. The first-order chi connectivity index (χ1) is 14.0. The number of piperazine rings is 1. The number of sulfonamides is 1. The van der Waals surface area contributed by atoms with Crippen LogP contribution in [0.5, 0.6) is 0 Å². The lowest BCUT2D eigenvalue weighted by molar-refractivity contribution is 0.383. The molecule has 0 spiro atoms. The molecule has 3 aromatic rings. The quantitative estimate of drug-likeness (QED) is 0.635. The van der Waals surface area contributed by atoms with Gasteiger partial charge in [-0.1, -0.05) is 48.0 Å². The molecule has 0 radical (unpaired) electrons. The Morgan fingerprint density at radius 3 is 2.21 bits per heavy atom. The molecule has 0 N–H and O–H groups in total. The molecule has 8 heteroatoms. The zero-order chi connectivity index (χ0) is 20.4. The number of hydrogen-bond donors (Lipinski definition) is 0. The molecule has 1 aliphatic heterocycles. The zero-order valence-electron chi connectivity index (χ0n) is 16.0. The summed E-state index contributed by atoms with van der Waals surface area (Å²) in [6.07, 6.45) is 0. The maximum Gasteiger partial charge on any atom is 0.244 e. The summed E-state index contributed by atoms with van der Waals surface area (Å²) in [4.78, 5) is 2.20. The minimum atomic E-state index is -3.61. The van der Waals surface area contributed by atoms with Crippen molar-refractivity contribution in [2.24, 2.45) is 0 Å². The molecule has 0 aliphatic carbocycles. The summed E-state index contributed by atoms with van der Waals surface area (Å²) in [6.45, 7) is 3.87. The lowest BCUT2D eigenvalue weighted by Gasteiger charge is -2.34. The fourth-order valence-electron chi connectivity index (χ4n) is 3.45. The summed E-state index contributed by atoms with van der Waals surface area (Å²) in [5.74, 6) is 0.747. The molecule has 0 bridgehead atoms.